The molecule has 0 radical (unpaired) electrons. The maximum atomic E-state index is 12.1. The molecule has 2 aromatic carbocycles. The lowest BCUT2D eigenvalue weighted by molar-refractivity contribution is -0.385. The minimum absolute atomic E-state index is 0.0458. The number of halogens is 2. The van der Waals surface area contributed by atoms with Crippen molar-refractivity contribution in [3.8, 4) is 17.2 Å². The van der Waals surface area contributed by atoms with E-state index in [9.17, 15) is 23.7 Å². The number of hydrogen-bond acceptors (Lipinski definition) is 6. The molecule has 0 bridgehead atoms. The highest BCUT2D eigenvalue weighted by molar-refractivity contribution is 5.77. The van der Waals surface area contributed by atoms with E-state index in [1.165, 1.54) is 37.4 Å². The second-order valence-corrected chi connectivity index (χ2v) is 5.50. The zero-order valence-electron chi connectivity index (χ0n) is 14.9. The SMILES string of the molecule is COc1ccc(OCC(=O)NCCc2ccc(OC(F)F)cc2)c([N+](=O)[O-])c1. The van der Waals surface area contributed by atoms with Crippen LogP contribution < -0.4 is 19.5 Å². The molecule has 1 amide bonds. The van der Waals surface area contributed by atoms with Gasteiger partial charge in [0.05, 0.1) is 18.1 Å². The fraction of sp³-hybridized carbons (Fsp3) is 0.278. The normalized spacial score (nSPS) is 10.4. The predicted octanol–water partition coefficient (Wildman–Crippen LogP) is 2.94. The molecule has 0 atom stereocenters. The number of carbonyl (C=O) groups excluding carboxylic acids is 1. The van der Waals surface area contributed by atoms with E-state index in [0.29, 0.717) is 12.2 Å². The number of nitro groups is 1. The molecule has 0 aliphatic carbocycles. The van der Waals surface area contributed by atoms with Crippen molar-refractivity contribution in [2.24, 2.45) is 0 Å². The Hall–Kier alpha value is -3.43. The zero-order valence-corrected chi connectivity index (χ0v) is 14.9. The molecule has 0 unspecified atom stereocenters. The molecular formula is C18H18F2N2O6. The number of nitrogens with one attached hydrogen (secondary N) is 1. The van der Waals surface area contributed by atoms with Crippen molar-refractivity contribution in [2.45, 2.75) is 13.0 Å². The third-order valence-corrected chi connectivity index (χ3v) is 3.61. The lowest BCUT2D eigenvalue weighted by atomic mass is 10.1. The smallest absolute Gasteiger partial charge is 0.387 e. The van der Waals surface area contributed by atoms with Crippen LogP contribution in [0.2, 0.25) is 0 Å². The molecule has 1 N–H and O–H groups in total. The summed E-state index contributed by atoms with van der Waals surface area (Å²) < 4.78 is 38.6. The molecule has 0 saturated heterocycles. The molecule has 28 heavy (non-hydrogen) atoms. The van der Waals surface area contributed by atoms with Gasteiger partial charge in [-0.15, -0.1) is 0 Å². The van der Waals surface area contributed by atoms with Gasteiger partial charge in [0, 0.05) is 6.54 Å². The third kappa shape index (κ3) is 6.38. The van der Waals surface area contributed by atoms with Crippen molar-refractivity contribution in [1.82, 2.24) is 5.32 Å². The average Bonchev–Trinajstić information content (AvgIpc) is 2.67. The van der Waals surface area contributed by atoms with Crippen LogP contribution in [0.25, 0.3) is 0 Å². The van der Waals surface area contributed by atoms with Gasteiger partial charge in [0.2, 0.25) is 0 Å². The largest absolute Gasteiger partial charge is 0.496 e. The number of nitrogens with zero attached hydrogens (tertiary/aromatic N) is 1. The average molecular weight is 396 g/mol. The summed E-state index contributed by atoms with van der Waals surface area (Å²) >= 11 is 0. The van der Waals surface area contributed by atoms with E-state index >= 15 is 0 Å². The van der Waals surface area contributed by atoms with E-state index in [1.54, 1.807) is 12.1 Å². The Bertz CT molecular complexity index is 814. The van der Waals surface area contributed by atoms with Gasteiger partial charge in [-0.2, -0.15) is 8.78 Å². The summed E-state index contributed by atoms with van der Waals surface area (Å²) in [6.45, 7) is -3.00. The van der Waals surface area contributed by atoms with Gasteiger partial charge in [-0.05, 0) is 36.2 Å². The third-order valence-electron chi connectivity index (χ3n) is 3.61. The van der Waals surface area contributed by atoms with Crippen molar-refractivity contribution in [2.75, 3.05) is 20.3 Å². The van der Waals surface area contributed by atoms with Gasteiger partial charge in [-0.25, -0.2) is 0 Å². The molecule has 0 saturated carbocycles. The number of nitro benzene ring substituents is 1. The Morgan fingerprint density at radius 3 is 2.46 bits per heavy atom. The summed E-state index contributed by atoms with van der Waals surface area (Å²) in [5.74, 6) is -0.149. The number of benzene rings is 2. The van der Waals surface area contributed by atoms with E-state index in [4.69, 9.17) is 9.47 Å². The first-order valence-corrected chi connectivity index (χ1v) is 8.14. The number of rotatable bonds is 10. The molecule has 10 heteroatoms. The highest BCUT2D eigenvalue weighted by Gasteiger charge is 2.17. The fourth-order valence-corrected chi connectivity index (χ4v) is 2.27. The van der Waals surface area contributed by atoms with Gasteiger partial charge in [-0.3, -0.25) is 14.9 Å². The lowest BCUT2D eigenvalue weighted by Crippen LogP contribution is -2.30. The number of methoxy groups -OCH3 is 1. The van der Waals surface area contributed by atoms with Crippen molar-refractivity contribution in [3.05, 3.63) is 58.1 Å². The van der Waals surface area contributed by atoms with E-state index in [0.717, 1.165) is 5.56 Å². The van der Waals surface area contributed by atoms with E-state index < -0.39 is 24.0 Å². The minimum atomic E-state index is -2.88. The monoisotopic (exact) mass is 396 g/mol. The van der Waals surface area contributed by atoms with Crippen LogP contribution in [0.15, 0.2) is 42.5 Å². The van der Waals surface area contributed by atoms with Crippen molar-refractivity contribution in [3.63, 3.8) is 0 Å². The molecule has 150 valence electrons. The topological polar surface area (TPSA) is 99.9 Å². The van der Waals surface area contributed by atoms with Gasteiger partial charge >= 0.3 is 12.3 Å². The van der Waals surface area contributed by atoms with Crippen LogP contribution >= 0.6 is 0 Å². The molecule has 2 rings (SSSR count). The number of carbonyl (C=O) groups is 1. The van der Waals surface area contributed by atoms with Crippen molar-refractivity contribution >= 4 is 11.6 Å². The van der Waals surface area contributed by atoms with Gasteiger partial charge in [0.1, 0.15) is 11.5 Å². The van der Waals surface area contributed by atoms with Gasteiger partial charge in [0.25, 0.3) is 5.91 Å². The Balaban J connectivity index is 1.79. The molecule has 0 aromatic heterocycles. The number of hydrogen-bond donors (Lipinski definition) is 1. The van der Waals surface area contributed by atoms with E-state index in [1.807, 2.05) is 0 Å². The summed E-state index contributed by atoms with van der Waals surface area (Å²) in [6.07, 6.45) is 0.462. The molecule has 0 spiro atoms. The highest BCUT2D eigenvalue weighted by atomic mass is 19.3. The second-order valence-electron chi connectivity index (χ2n) is 5.50. The summed E-state index contributed by atoms with van der Waals surface area (Å²) in [5.41, 5.74) is 0.506. The minimum Gasteiger partial charge on any atom is -0.496 e. The van der Waals surface area contributed by atoms with Crippen molar-refractivity contribution < 1.29 is 32.7 Å². The van der Waals surface area contributed by atoms with Crippen LogP contribution in [0.5, 0.6) is 17.2 Å². The van der Waals surface area contributed by atoms with Gasteiger partial charge in [-0.1, -0.05) is 12.1 Å². The number of alkyl halides is 2. The highest BCUT2D eigenvalue weighted by Crippen LogP contribution is 2.30. The molecule has 0 aliphatic heterocycles. The second kappa shape index (κ2) is 10.0. The first kappa shape index (κ1) is 20.9. The maximum Gasteiger partial charge on any atom is 0.387 e. The number of amides is 1. The predicted molar refractivity (Wildman–Crippen MR) is 94.9 cm³/mol. The molecule has 2 aromatic rings. The molecule has 0 fully saturated rings. The maximum absolute atomic E-state index is 12.1. The standard InChI is InChI=1S/C18H18F2N2O6/c1-26-14-6-7-16(15(10-14)22(24)25)27-11-17(23)21-9-8-12-2-4-13(5-3-12)28-18(19)20/h2-7,10,18H,8-9,11H2,1H3,(H,21,23). The van der Waals surface area contributed by atoms with Gasteiger partial charge < -0.3 is 19.5 Å². The summed E-state index contributed by atoms with van der Waals surface area (Å²) in [4.78, 5) is 22.3. The Morgan fingerprint density at radius 2 is 1.86 bits per heavy atom. The molecular weight excluding hydrogens is 378 g/mol. The molecule has 8 nitrogen and oxygen atoms in total. The molecule has 0 aliphatic rings. The zero-order chi connectivity index (χ0) is 20.5. The van der Waals surface area contributed by atoms with Crippen LogP contribution in [0.1, 0.15) is 5.56 Å². The van der Waals surface area contributed by atoms with E-state index in [-0.39, 0.29) is 23.7 Å². The Labute approximate surface area is 159 Å². The summed E-state index contributed by atoms with van der Waals surface area (Å²) in [7, 11) is 1.38. The van der Waals surface area contributed by atoms with Crippen molar-refractivity contribution in [1.29, 1.82) is 0 Å². The molecule has 0 heterocycles. The van der Waals surface area contributed by atoms with Crippen LogP contribution in [0.4, 0.5) is 14.5 Å². The van der Waals surface area contributed by atoms with Crippen LogP contribution in [0, 0.1) is 10.1 Å². The van der Waals surface area contributed by atoms with Crippen LogP contribution in [-0.2, 0) is 11.2 Å². The van der Waals surface area contributed by atoms with Gasteiger partial charge in [0.15, 0.2) is 12.4 Å². The van der Waals surface area contributed by atoms with E-state index in [2.05, 4.69) is 10.1 Å². The Morgan fingerprint density at radius 1 is 1.18 bits per heavy atom. The van der Waals surface area contributed by atoms with Crippen LogP contribution in [-0.4, -0.2) is 37.7 Å². The van der Waals surface area contributed by atoms with Crippen LogP contribution in [0.3, 0.4) is 0 Å². The summed E-state index contributed by atoms with van der Waals surface area (Å²) in [6, 6.07) is 10.1. The first-order chi connectivity index (χ1) is 13.4. The fourth-order valence-electron chi connectivity index (χ4n) is 2.27. The Kier molecular flexibility index (Phi) is 7.49. The quantitative estimate of drug-likeness (QED) is 0.490. The number of ether oxygens (including phenoxy) is 3. The first-order valence-electron chi connectivity index (χ1n) is 8.14. The lowest BCUT2D eigenvalue weighted by Gasteiger charge is -2.09. The summed E-state index contributed by atoms with van der Waals surface area (Å²) in [5, 5.41) is 13.7.